The van der Waals surface area contributed by atoms with E-state index in [4.69, 9.17) is 5.11 Å². The molecular formula is C13H19N3O3. The van der Waals surface area contributed by atoms with Crippen molar-refractivity contribution in [3.8, 4) is 0 Å². The van der Waals surface area contributed by atoms with Gasteiger partial charge in [-0.3, -0.25) is 0 Å². The van der Waals surface area contributed by atoms with Gasteiger partial charge in [0.25, 0.3) is 0 Å². The van der Waals surface area contributed by atoms with Crippen molar-refractivity contribution in [1.82, 2.24) is 10.3 Å². The predicted molar refractivity (Wildman–Crippen MR) is 72.3 cm³/mol. The zero-order valence-corrected chi connectivity index (χ0v) is 11.1. The number of anilines is 1. The second kappa shape index (κ2) is 7.35. The molecule has 1 aromatic rings. The maximum atomic E-state index is 11.6. The van der Waals surface area contributed by atoms with E-state index >= 15 is 0 Å². The fourth-order valence-electron chi connectivity index (χ4n) is 1.56. The van der Waals surface area contributed by atoms with Crippen LogP contribution >= 0.6 is 0 Å². The van der Waals surface area contributed by atoms with E-state index in [0.717, 1.165) is 12.8 Å². The zero-order chi connectivity index (χ0) is 14.3. The minimum absolute atomic E-state index is 0.167. The average Bonchev–Trinajstić information content (AvgIpc) is 2.35. The maximum Gasteiger partial charge on any atom is 0.356 e. The van der Waals surface area contributed by atoms with Crippen LogP contribution in [0, 0.1) is 5.92 Å². The van der Waals surface area contributed by atoms with Gasteiger partial charge in [0.05, 0.1) is 5.69 Å². The molecule has 0 saturated heterocycles. The summed E-state index contributed by atoms with van der Waals surface area (Å²) >= 11 is 0. The lowest BCUT2D eigenvalue weighted by molar-refractivity contribution is 0.0692. The molecule has 1 heterocycles. The molecule has 0 unspecified atom stereocenters. The topological polar surface area (TPSA) is 91.3 Å². The number of pyridine rings is 1. The first kappa shape index (κ1) is 14.9. The van der Waals surface area contributed by atoms with Gasteiger partial charge in [-0.25, -0.2) is 14.6 Å². The van der Waals surface area contributed by atoms with Crippen LogP contribution in [0.5, 0.6) is 0 Å². The number of hydrogen-bond donors (Lipinski definition) is 3. The molecule has 0 aliphatic rings. The maximum absolute atomic E-state index is 11.6. The number of aromatic carboxylic acids is 1. The number of carboxylic acids is 1. The van der Waals surface area contributed by atoms with Gasteiger partial charge in [0.15, 0.2) is 5.69 Å². The van der Waals surface area contributed by atoms with Gasteiger partial charge in [-0.05, 0) is 30.9 Å². The van der Waals surface area contributed by atoms with Gasteiger partial charge in [0.2, 0.25) is 0 Å². The molecule has 6 heteroatoms. The fraction of sp³-hybridized carbons (Fsp3) is 0.462. The molecule has 0 saturated carbocycles. The molecule has 2 amide bonds. The van der Waals surface area contributed by atoms with Crippen molar-refractivity contribution in [2.75, 3.05) is 11.9 Å². The van der Waals surface area contributed by atoms with Gasteiger partial charge >= 0.3 is 12.0 Å². The fourth-order valence-corrected chi connectivity index (χ4v) is 1.56. The van der Waals surface area contributed by atoms with Crippen LogP contribution in [0.3, 0.4) is 0 Å². The van der Waals surface area contributed by atoms with E-state index in [-0.39, 0.29) is 11.4 Å². The number of carbonyl (C=O) groups excluding carboxylic acids is 1. The van der Waals surface area contributed by atoms with Crippen molar-refractivity contribution in [3.63, 3.8) is 0 Å². The summed E-state index contributed by atoms with van der Waals surface area (Å²) in [6.07, 6.45) is 3.30. The van der Waals surface area contributed by atoms with Crippen LogP contribution < -0.4 is 10.6 Å². The molecule has 104 valence electrons. The van der Waals surface area contributed by atoms with Crippen LogP contribution in [-0.4, -0.2) is 28.6 Å². The van der Waals surface area contributed by atoms with Gasteiger partial charge in [-0.2, -0.15) is 0 Å². The highest BCUT2D eigenvalue weighted by Gasteiger charge is 2.12. The zero-order valence-electron chi connectivity index (χ0n) is 11.1. The summed E-state index contributed by atoms with van der Waals surface area (Å²) in [6, 6.07) is 2.66. The number of carboxylic acid groups (broad SMARTS) is 1. The number of hydrogen-bond acceptors (Lipinski definition) is 3. The third-order valence-corrected chi connectivity index (χ3v) is 2.50. The van der Waals surface area contributed by atoms with Gasteiger partial charge in [-0.15, -0.1) is 0 Å². The summed E-state index contributed by atoms with van der Waals surface area (Å²) in [7, 11) is 0. The molecule has 0 radical (unpaired) electrons. The lowest BCUT2D eigenvalue weighted by Crippen LogP contribution is -2.30. The molecule has 3 N–H and O–H groups in total. The average molecular weight is 265 g/mol. The molecule has 1 rings (SSSR count). The van der Waals surface area contributed by atoms with E-state index in [2.05, 4.69) is 29.5 Å². The van der Waals surface area contributed by atoms with Crippen LogP contribution in [0.15, 0.2) is 18.3 Å². The Balaban J connectivity index is 2.46. The van der Waals surface area contributed by atoms with E-state index in [1.807, 2.05) is 0 Å². The second-order valence-corrected chi connectivity index (χ2v) is 4.62. The van der Waals surface area contributed by atoms with Gasteiger partial charge in [0.1, 0.15) is 0 Å². The molecule has 0 aliphatic carbocycles. The van der Waals surface area contributed by atoms with Crippen LogP contribution in [-0.2, 0) is 0 Å². The van der Waals surface area contributed by atoms with Crippen molar-refractivity contribution in [1.29, 1.82) is 0 Å². The predicted octanol–water partition coefficient (Wildman–Crippen LogP) is 2.34. The number of nitrogens with zero attached hydrogens (tertiary/aromatic N) is 1. The summed E-state index contributed by atoms with van der Waals surface area (Å²) in [4.78, 5) is 26.2. The highest BCUT2D eigenvalue weighted by molar-refractivity contribution is 5.98. The highest BCUT2D eigenvalue weighted by atomic mass is 16.4. The van der Waals surface area contributed by atoms with Crippen LogP contribution in [0.4, 0.5) is 10.5 Å². The summed E-state index contributed by atoms with van der Waals surface area (Å²) in [5, 5.41) is 14.1. The van der Waals surface area contributed by atoms with Crippen LogP contribution in [0.1, 0.15) is 37.2 Å². The lowest BCUT2D eigenvalue weighted by Gasteiger charge is -2.09. The molecule has 0 atom stereocenters. The van der Waals surface area contributed by atoms with E-state index in [9.17, 15) is 9.59 Å². The lowest BCUT2D eigenvalue weighted by atomic mass is 10.1. The Labute approximate surface area is 112 Å². The van der Waals surface area contributed by atoms with Crippen LogP contribution in [0.2, 0.25) is 0 Å². The molecule has 19 heavy (non-hydrogen) atoms. The SMILES string of the molecule is CC(C)CCCNC(=O)Nc1cccnc1C(=O)O. The first-order valence-electron chi connectivity index (χ1n) is 6.24. The second-order valence-electron chi connectivity index (χ2n) is 4.62. The van der Waals surface area contributed by atoms with E-state index < -0.39 is 12.0 Å². The van der Waals surface area contributed by atoms with E-state index in [1.54, 1.807) is 6.07 Å². The Morgan fingerprint density at radius 1 is 1.42 bits per heavy atom. The summed E-state index contributed by atoms with van der Waals surface area (Å²) < 4.78 is 0. The number of rotatable bonds is 6. The van der Waals surface area contributed by atoms with Crippen molar-refractivity contribution in [2.24, 2.45) is 5.92 Å². The van der Waals surface area contributed by atoms with Crippen molar-refractivity contribution in [2.45, 2.75) is 26.7 Å². The van der Waals surface area contributed by atoms with Gasteiger partial charge in [-0.1, -0.05) is 13.8 Å². The van der Waals surface area contributed by atoms with Crippen molar-refractivity contribution in [3.05, 3.63) is 24.0 Å². The third-order valence-electron chi connectivity index (χ3n) is 2.50. The Morgan fingerprint density at radius 2 is 2.16 bits per heavy atom. The third kappa shape index (κ3) is 5.37. The van der Waals surface area contributed by atoms with E-state index in [1.165, 1.54) is 12.3 Å². The Morgan fingerprint density at radius 3 is 2.79 bits per heavy atom. The number of carbonyl (C=O) groups is 2. The minimum atomic E-state index is -1.17. The van der Waals surface area contributed by atoms with Crippen LogP contribution in [0.25, 0.3) is 0 Å². The van der Waals surface area contributed by atoms with Gasteiger partial charge in [0, 0.05) is 12.7 Å². The summed E-state index contributed by atoms with van der Waals surface area (Å²) in [5.74, 6) is -0.572. The number of nitrogens with one attached hydrogen (secondary N) is 2. The van der Waals surface area contributed by atoms with Crippen molar-refractivity contribution >= 4 is 17.7 Å². The molecule has 6 nitrogen and oxygen atoms in total. The molecule has 0 fully saturated rings. The molecule has 0 aromatic carbocycles. The molecular weight excluding hydrogens is 246 g/mol. The molecule has 0 aliphatic heterocycles. The Hall–Kier alpha value is -2.11. The number of amides is 2. The Kier molecular flexibility index (Phi) is 5.78. The largest absolute Gasteiger partial charge is 0.476 e. The smallest absolute Gasteiger partial charge is 0.356 e. The number of aromatic nitrogens is 1. The minimum Gasteiger partial charge on any atom is -0.476 e. The summed E-state index contributed by atoms with van der Waals surface area (Å²) in [5.41, 5.74) is 0.0242. The van der Waals surface area contributed by atoms with Gasteiger partial charge < -0.3 is 15.7 Å². The standard InChI is InChI=1S/C13H19N3O3/c1-9(2)5-3-8-15-13(19)16-10-6-4-7-14-11(10)12(17)18/h4,6-7,9H,3,5,8H2,1-2H3,(H,17,18)(H2,15,16,19). The molecule has 0 spiro atoms. The highest BCUT2D eigenvalue weighted by Crippen LogP contribution is 2.11. The first-order chi connectivity index (χ1) is 9.00. The quantitative estimate of drug-likeness (QED) is 0.688. The molecule has 1 aromatic heterocycles. The first-order valence-corrected chi connectivity index (χ1v) is 6.24. The summed E-state index contributed by atoms with van der Waals surface area (Å²) in [6.45, 7) is 4.80. The normalized spacial score (nSPS) is 10.3. The number of urea groups is 1. The molecule has 0 bridgehead atoms. The van der Waals surface area contributed by atoms with E-state index in [0.29, 0.717) is 12.5 Å². The Bertz CT molecular complexity index is 447. The van der Waals surface area contributed by atoms with Crippen molar-refractivity contribution < 1.29 is 14.7 Å². The monoisotopic (exact) mass is 265 g/mol.